The highest BCUT2D eigenvalue weighted by Gasteiger charge is 2.62. The molecule has 1 heterocycles. The second-order valence-corrected chi connectivity index (χ2v) is 9.40. The van der Waals surface area contributed by atoms with Crippen LogP contribution in [0.4, 0.5) is 5.69 Å². The van der Waals surface area contributed by atoms with Gasteiger partial charge in [-0.1, -0.05) is 90.5 Å². The van der Waals surface area contributed by atoms with Gasteiger partial charge in [-0.25, -0.2) is 4.90 Å². The van der Waals surface area contributed by atoms with Crippen LogP contribution in [0, 0.1) is 30.6 Å². The number of hydrogen-bond acceptors (Lipinski definition) is 2. The Bertz CT molecular complexity index is 1270. The number of aryl methyl sites for hydroxylation is 1. The molecule has 4 atom stereocenters. The second kappa shape index (κ2) is 7.57. The number of imide groups is 1. The van der Waals surface area contributed by atoms with E-state index in [4.69, 9.17) is 11.6 Å². The molecule has 3 aliphatic rings. The van der Waals surface area contributed by atoms with Gasteiger partial charge in [0.1, 0.15) is 0 Å². The third kappa shape index (κ3) is 2.96. The minimum Gasteiger partial charge on any atom is -0.274 e. The Labute approximate surface area is 198 Å². The monoisotopic (exact) mass is 451 g/mol. The van der Waals surface area contributed by atoms with Crippen molar-refractivity contribution in [2.75, 3.05) is 4.90 Å². The van der Waals surface area contributed by atoms with Crippen LogP contribution < -0.4 is 4.90 Å². The average molecular weight is 452 g/mol. The normalized spacial score (nSPS) is 25.2. The summed E-state index contributed by atoms with van der Waals surface area (Å²) in [6.07, 6.45) is 4.26. The maximum Gasteiger partial charge on any atom is 0.238 e. The van der Waals surface area contributed by atoms with Crippen LogP contribution in [0.2, 0.25) is 5.02 Å². The minimum absolute atomic E-state index is 0.0854. The molecule has 6 rings (SSSR count). The van der Waals surface area contributed by atoms with E-state index >= 15 is 0 Å². The molecule has 0 aromatic heterocycles. The van der Waals surface area contributed by atoms with Gasteiger partial charge in [0.2, 0.25) is 11.8 Å². The number of anilines is 1. The van der Waals surface area contributed by atoms with Gasteiger partial charge in [0.05, 0.1) is 17.5 Å². The number of rotatable bonds is 3. The summed E-state index contributed by atoms with van der Waals surface area (Å²) in [5.41, 5.74) is 6.02. The highest BCUT2D eigenvalue weighted by atomic mass is 35.5. The fraction of sp³-hybridized carbons (Fsp3) is 0.172. The van der Waals surface area contributed by atoms with Crippen LogP contribution in [-0.2, 0) is 9.59 Å². The zero-order valence-corrected chi connectivity index (χ0v) is 18.9. The molecule has 2 aliphatic carbocycles. The Balaban J connectivity index is 1.48. The summed E-state index contributed by atoms with van der Waals surface area (Å²) in [5.74, 6) is -1.16. The Kier molecular flexibility index (Phi) is 4.63. The van der Waals surface area contributed by atoms with Gasteiger partial charge in [-0.15, -0.1) is 0 Å². The zero-order chi connectivity index (χ0) is 22.7. The summed E-state index contributed by atoms with van der Waals surface area (Å²) in [4.78, 5) is 28.6. The number of fused-ring (bicyclic) bond motifs is 5. The van der Waals surface area contributed by atoms with Crippen LogP contribution in [0.15, 0.2) is 96.6 Å². The molecule has 4 heteroatoms. The molecule has 1 saturated heterocycles. The van der Waals surface area contributed by atoms with Gasteiger partial charge in [0.25, 0.3) is 0 Å². The molecule has 0 unspecified atom stereocenters. The van der Waals surface area contributed by atoms with Gasteiger partial charge in [-0.2, -0.15) is 0 Å². The predicted octanol–water partition coefficient (Wildman–Crippen LogP) is 6.07. The molecule has 3 aromatic carbocycles. The molecule has 2 bridgehead atoms. The van der Waals surface area contributed by atoms with E-state index in [1.165, 1.54) is 10.5 Å². The molecular weight excluding hydrogens is 430 g/mol. The van der Waals surface area contributed by atoms with Gasteiger partial charge < -0.3 is 0 Å². The first-order chi connectivity index (χ1) is 16.1. The Morgan fingerprint density at radius 3 is 1.76 bits per heavy atom. The van der Waals surface area contributed by atoms with Gasteiger partial charge in [0, 0.05) is 16.9 Å². The van der Waals surface area contributed by atoms with E-state index in [0.717, 1.165) is 22.3 Å². The summed E-state index contributed by atoms with van der Waals surface area (Å²) in [6, 6.07) is 25.9. The quantitative estimate of drug-likeness (QED) is 0.358. The first-order valence-electron chi connectivity index (χ1n) is 11.2. The van der Waals surface area contributed by atoms with Crippen LogP contribution in [-0.4, -0.2) is 11.8 Å². The van der Waals surface area contributed by atoms with Crippen molar-refractivity contribution in [3.8, 4) is 0 Å². The van der Waals surface area contributed by atoms with E-state index < -0.39 is 0 Å². The van der Waals surface area contributed by atoms with Crippen molar-refractivity contribution in [2.24, 2.45) is 23.7 Å². The third-order valence-electron chi connectivity index (χ3n) is 7.24. The van der Waals surface area contributed by atoms with Crippen LogP contribution in [0.1, 0.15) is 16.7 Å². The number of allylic oxidation sites excluding steroid dienone is 3. The number of halogens is 1. The largest absolute Gasteiger partial charge is 0.274 e. The van der Waals surface area contributed by atoms with E-state index in [9.17, 15) is 9.59 Å². The average Bonchev–Trinajstić information content (AvgIpc) is 3.47. The summed E-state index contributed by atoms with van der Waals surface area (Å²) in [6.45, 7) is 1.91. The van der Waals surface area contributed by atoms with Crippen molar-refractivity contribution in [3.05, 3.63) is 118 Å². The van der Waals surface area contributed by atoms with Crippen LogP contribution in [0.3, 0.4) is 0 Å². The van der Waals surface area contributed by atoms with Crippen molar-refractivity contribution >= 4 is 34.7 Å². The van der Waals surface area contributed by atoms with Crippen molar-refractivity contribution in [2.45, 2.75) is 6.92 Å². The lowest BCUT2D eigenvalue weighted by Crippen LogP contribution is -2.33. The standard InChI is InChI=1S/C29H22ClNO2/c1-17-12-13-20(16-23(17)30)31-28(32)26-21-14-15-22(27(26)29(31)33)25(21)24(18-8-4-2-5-9-18)19-10-6-3-7-11-19/h2-16,21-22,26-27H,1H3/t21-,22-,26+,27+/m1/s1. The summed E-state index contributed by atoms with van der Waals surface area (Å²) in [5, 5.41) is 0.558. The van der Waals surface area contributed by atoms with Crippen LogP contribution in [0.5, 0.6) is 0 Å². The van der Waals surface area contributed by atoms with Gasteiger partial charge in [-0.3, -0.25) is 9.59 Å². The third-order valence-corrected chi connectivity index (χ3v) is 7.65. The Morgan fingerprint density at radius 1 is 0.758 bits per heavy atom. The summed E-state index contributed by atoms with van der Waals surface area (Å²) in [7, 11) is 0. The zero-order valence-electron chi connectivity index (χ0n) is 18.1. The van der Waals surface area contributed by atoms with E-state index in [1.54, 1.807) is 6.07 Å². The molecule has 0 N–H and O–H groups in total. The summed E-state index contributed by atoms with van der Waals surface area (Å²) >= 11 is 6.31. The Morgan fingerprint density at radius 2 is 1.27 bits per heavy atom. The maximum atomic E-state index is 13.6. The fourth-order valence-electron chi connectivity index (χ4n) is 5.78. The lowest BCUT2D eigenvalue weighted by molar-refractivity contribution is -0.122. The number of amides is 2. The molecule has 33 heavy (non-hydrogen) atoms. The minimum atomic E-state index is -0.370. The van der Waals surface area contributed by atoms with Crippen LogP contribution >= 0.6 is 11.6 Å². The van der Waals surface area contributed by atoms with Crippen molar-refractivity contribution in [1.82, 2.24) is 0 Å². The van der Waals surface area contributed by atoms with Crippen molar-refractivity contribution < 1.29 is 9.59 Å². The topological polar surface area (TPSA) is 37.4 Å². The van der Waals surface area contributed by atoms with E-state index in [-0.39, 0.29) is 35.5 Å². The molecular formula is C29H22ClNO2. The molecule has 1 aliphatic heterocycles. The number of hydrogen-bond donors (Lipinski definition) is 0. The molecule has 3 nitrogen and oxygen atoms in total. The first-order valence-corrected chi connectivity index (χ1v) is 11.6. The molecule has 0 radical (unpaired) electrons. The molecule has 2 amide bonds. The van der Waals surface area contributed by atoms with E-state index in [0.29, 0.717) is 10.7 Å². The maximum absolute atomic E-state index is 13.6. The van der Waals surface area contributed by atoms with E-state index in [1.807, 2.05) is 55.5 Å². The lowest BCUT2D eigenvalue weighted by Gasteiger charge is -2.22. The summed E-state index contributed by atoms with van der Waals surface area (Å²) < 4.78 is 0. The van der Waals surface area contributed by atoms with Crippen LogP contribution in [0.25, 0.3) is 5.57 Å². The number of nitrogens with zero attached hydrogens (tertiary/aromatic N) is 1. The van der Waals surface area contributed by atoms with Gasteiger partial charge in [-0.05, 0) is 46.9 Å². The van der Waals surface area contributed by atoms with Gasteiger partial charge in [0.15, 0.2) is 0 Å². The SMILES string of the molecule is Cc1ccc(N2C(=O)[C@@H]3[C@@H](C2=O)[C@@H]2C=C[C@@H]3C2=C(c2ccccc2)c2ccccc2)cc1Cl. The highest BCUT2D eigenvalue weighted by Crippen LogP contribution is 2.58. The van der Waals surface area contributed by atoms with Crippen molar-refractivity contribution in [1.29, 1.82) is 0 Å². The van der Waals surface area contributed by atoms with Gasteiger partial charge >= 0.3 is 0 Å². The lowest BCUT2D eigenvalue weighted by atomic mass is 9.85. The molecule has 2 fully saturated rings. The number of carbonyl (C=O) groups excluding carboxylic acids is 2. The molecule has 1 saturated carbocycles. The first kappa shape index (κ1) is 20.2. The number of benzene rings is 3. The highest BCUT2D eigenvalue weighted by molar-refractivity contribution is 6.32. The fourth-order valence-corrected chi connectivity index (χ4v) is 5.96. The second-order valence-electron chi connectivity index (χ2n) is 9.00. The number of carbonyl (C=O) groups is 2. The Hall–Kier alpha value is -3.43. The molecule has 162 valence electrons. The predicted molar refractivity (Wildman–Crippen MR) is 131 cm³/mol. The van der Waals surface area contributed by atoms with Crippen molar-refractivity contribution in [3.63, 3.8) is 0 Å². The smallest absolute Gasteiger partial charge is 0.238 e. The molecule has 3 aromatic rings. The van der Waals surface area contributed by atoms with E-state index in [2.05, 4.69) is 36.4 Å². The molecule has 0 spiro atoms.